The Morgan fingerprint density at radius 1 is 1.26 bits per heavy atom. The molecule has 1 unspecified atom stereocenters. The van der Waals surface area contributed by atoms with Gasteiger partial charge in [0.25, 0.3) is 0 Å². The highest BCUT2D eigenvalue weighted by Gasteiger charge is 2.35. The van der Waals surface area contributed by atoms with Gasteiger partial charge < -0.3 is 19.9 Å². The van der Waals surface area contributed by atoms with E-state index in [-0.39, 0.29) is 16.5 Å². The van der Waals surface area contributed by atoms with Crippen molar-refractivity contribution in [2.45, 2.75) is 45.3 Å². The number of nitrogens with one attached hydrogen (secondary N) is 1. The van der Waals surface area contributed by atoms with Gasteiger partial charge >= 0.3 is 11.8 Å². The van der Waals surface area contributed by atoms with Crippen LogP contribution in [0.2, 0.25) is 5.02 Å². The van der Waals surface area contributed by atoms with Gasteiger partial charge in [-0.2, -0.15) is 4.39 Å². The predicted molar refractivity (Wildman–Crippen MR) is 114 cm³/mol. The van der Waals surface area contributed by atoms with Crippen LogP contribution in [0.5, 0.6) is 0 Å². The number of nitrogens with zero attached hydrogens (tertiary/aromatic N) is 3. The lowest BCUT2D eigenvalue weighted by Gasteiger charge is -2.36. The van der Waals surface area contributed by atoms with Crippen LogP contribution in [0.1, 0.15) is 39.2 Å². The molecular weight excluding hydrogens is 431 g/mol. The monoisotopic (exact) mass is 458 g/mol. The molecule has 0 radical (unpaired) electrons. The average molecular weight is 459 g/mol. The summed E-state index contributed by atoms with van der Waals surface area (Å²) in [6.45, 7) is 8.95. The average Bonchev–Trinajstić information content (AvgIpc) is 2.65. The number of alkyl carbamates (subject to hydrolysis) is 1. The summed E-state index contributed by atoms with van der Waals surface area (Å²) in [4.78, 5) is 39.5. The zero-order valence-corrected chi connectivity index (χ0v) is 19.0. The number of halogens is 2. The van der Waals surface area contributed by atoms with Crippen LogP contribution in [0, 0.1) is 15.9 Å². The van der Waals surface area contributed by atoms with E-state index in [1.54, 1.807) is 32.6 Å². The molecule has 1 N–H and O–H groups in total. The molecule has 1 aromatic rings. The lowest BCUT2D eigenvalue weighted by Crippen LogP contribution is -2.56. The summed E-state index contributed by atoms with van der Waals surface area (Å²) in [6, 6.07) is 0.747. The van der Waals surface area contributed by atoms with Crippen molar-refractivity contribution in [1.29, 1.82) is 0 Å². The van der Waals surface area contributed by atoms with Gasteiger partial charge in [-0.15, -0.1) is 0 Å². The van der Waals surface area contributed by atoms with Crippen molar-refractivity contribution in [2.24, 2.45) is 0 Å². The fourth-order valence-corrected chi connectivity index (χ4v) is 3.61. The molecular formula is C20H28ClFN4O5. The summed E-state index contributed by atoms with van der Waals surface area (Å²) in [5.41, 5.74) is -1.37. The van der Waals surface area contributed by atoms with Crippen molar-refractivity contribution >= 4 is 29.3 Å². The summed E-state index contributed by atoms with van der Waals surface area (Å²) in [5.74, 6) is -2.21. The molecule has 0 aliphatic carbocycles. The van der Waals surface area contributed by atoms with Gasteiger partial charge in [0, 0.05) is 38.2 Å². The van der Waals surface area contributed by atoms with Gasteiger partial charge in [0.05, 0.1) is 9.95 Å². The molecule has 11 heteroatoms. The summed E-state index contributed by atoms with van der Waals surface area (Å²) in [6.07, 6.45) is -0.801. The maximum Gasteiger partial charge on any atom is 0.408 e. The number of likely N-dealkylation sites (N-methyl/N-ethyl adjacent to an activating group) is 1. The van der Waals surface area contributed by atoms with Gasteiger partial charge in [-0.25, -0.2) is 4.79 Å². The highest BCUT2D eigenvalue weighted by molar-refractivity contribution is 6.31. The number of ether oxygens (including phenoxy) is 1. The lowest BCUT2D eigenvalue weighted by molar-refractivity contribution is -0.387. The maximum atomic E-state index is 14.3. The molecule has 2 amide bonds. The third-order valence-corrected chi connectivity index (χ3v) is 5.33. The lowest BCUT2D eigenvalue weighted by atomic mass is 9.91. The minimum absolute atomic E-state index is 0.0669. The molecule has 1 aliphatic rings. The Morgan fingerprint density at radius 3 is 2.35 bits per heavy atom. The van der Waals surface area contributed by atoms with Crippen LogP contribution in [-0.4, -0.2) is 71.6 Å². The molecule has 0 saturated carbocycles. The molecule has 1 saturated heterocycles. The van der Waals surface area contributed by atoms with Gasteiger partial charge in [-0.3, -0.25) is 14.9 Å². The van der Waals surface area contributed by atoms with E-state index in [1.807, 2.05) is 7.05 Å². The van der Waals surface area contributed by atoms with Crippen LogP contribution in [-0.2, 0) is 9.53 Å². The van der Waals surface area contributed by atoms with Crippen LogP contribution >= 0.6 is 11.6 Å². The number of piperazine rings is 1. The third-order valence-electron chi connectivity index (χ3n) is 5.01. The quantitative estimate of drug-likeness (QED) is 0.536. The van der Waals surface area contributed by atoms with Crippen LogP contribution in [0.15, 0.2) is 12.1 Å². The third kappa shape index (κ3) is 6.51. The highest BCUT2D eigenvalue weighted by Crippen LogP contribution is 2.33. The van der Waals surface area contributed by atoms with Crippen molar-refractivity contribution in [3.05, 3.63) is 38.7 Å². The number of benzene rings is 1. The van der Waals surface area contributed by atoms with Crippen LogP contribution in [0.4, 0.5) is 14.9 Å². The Morgan fingerprint density at radius 2 is 1.84 bits per heavy atom. The maximum absolute atomic E-state index is 14.3. The second-order valence-corrected chi connectivity index (χ2v) is 9.03. The van der Waals surface area contributed by atoms with Crippen LogP contribution in [0.3, 0.4) is 0 Å². The number of nitro benzene ring substituents is 1. The minimum atomic E-state index is -1.10. The van der Waals surface area contributed by atoms with Crippen LogP contribution < -0.4 is 5.32 Å². The minimum Gasteiger partial charge on any atom is -0.444 e. The first-order valence-electron chi connectivity index (χ1n) is 9.90. The molecule has 1 heterocycles. The fourth-order valence-electron chi connectivity index (χ4n) is 3.28. The second-order valence-electron chi connectivity index (χ2n) is 8.62. The molecule has 1 aliphatic heterocycles. The van der Waals surface area contributed by atoms with Gasteiger partial charge in [-0.1, -0.05) is 18.5 Å². The highest BCUT2D eigenvalue weighted by atomic mass is 35.5. The van der Waals surface area contributed by atoms with Gasteiger partial charge in [-0.05, 0) is 39.4 Å². The van der Waals surface area contributed by atoms with E-state index in [0.717, 1.165) is 12.1 Å². The van der Waals surface area contributed by atoms with E-state index in [2.05, 4.69) is 10.2 Å². The Kier molecular flexibility index (Phi) is 7.82. The van der Waals surface area contributed by atoms with Crippen molar-refractivity contribution in [1.82, 2.24) is 15.1 Å². The number of carbonyl (C=O) groups is 2. The molecule has 2 rings (SSSR count). The SMILES string of the molecule is CC(c1cc(F)c([N+](=O)[O-])cc1Cl)[C@H](NC(=O)OC(C)(C)C)C(=O)N1CCN(C)CC1. The molecule has 0 spiro atoms. The van der Waals surface area contributed by atoms with E-state index in [0.29, 0.717) is 26.2 Å². The van der Waals surface area contributed by atoms with Crippen molar-refractivity contribution in [3.8, 4) is 0 Å². The molecule has 1 fully saturated rings. The summed E-state index contributed by atoms with van der Waals surface area (Å²) in [7, 11) is 1.94. The first-order chi connectivity index (χ1) is 14.3. The van der Waals surface area contributed by atoms with E-state index in [4.69, 9.17) is 16.3 Å². The van der Waals surface area contributed by atoms with Crippen molar-refractivity contribution in [3.63, 3.8) is 0 Å². The second kappa shape index (κ2) is 9.78. The molecule has 172 valence electrons. The van der Waals surface area contributed by atoms with Crippen LogP contribution in [0.25, 0.3) is 0 Å². The van der Waals surface area contributed by atoms with Gasteiger partial charge in [0.1, 0.15) is 11.6 Å². The standard InChI is InChI=1S/C20H28ClFN4O5/c1-12(13-10-15(22)16(26(29)30)11-14(13)21)17(23-19(28)31-20(2,3)4)18(27)25-8-6-24(5)7-9-25/h10-12,17H,6-9H2,1-5H3,(H,23,28)/t12?,17-/m0/s1. The number of hydrogen-bond donors (Lipinski definition) is 1. The zero-order valence-electron chi connectivity index (χ0n) is 18.3. The predicted octanol–water partition coefficient (Wildman–Crippen LogP) is 3.16. The summed E-state index contributed by atoms with van der Waals surface area (Å²) >= 11 is 6.19. The topological polar surface area (TPSA) is 105 Å². The smallest absolute Gasteiger partial charge is 0.408 e. The Bertz CT molecular complexity index is 853. The molecule has 0 bridgehead atoms. The Hall–Kier alpha value is -2.46. The molecule has 0 aromatic heterocycles. The number of rotatable bonds is 5. The van der Waals surface area contributed by atoms with Gasteiger partial charge in [0.15, 0.2) is 0 Å². The summed E-state index contributed by atoms with van der Waals surface area (Å²) in [5, 5.41) is 13.5. The molecule has 1 aromatic carbocycles. The van der Waals surface area contributed by atoms with Gasteiger partial charge in [0.2, 0.25) is 11.7 Å². The van der Waals surface area contributed by atoms with Crippen molar-refractivity contribution < 1.29 is 23.6 Å². The largest absolute Gasteiger partial charge is 0.444 e. The first-order valence-corrected chi connectivity index (χ1v) is 10.3. The van der Waals surface area contributed by atoms with E-state index in [1.165, 1.54) is 0 Å². The molecule has 9 nitrogen and oxygen atoms in total. The number of hydrogen-bond acceptors (Lipinski definition) is 6. The molecule has 31 heavy (non-hydrogen) atoms. The number of amides is 2. The normalized spacial score (nSPS) is 17.1. The van der Waals surface area contributed by atoms with E-state index in [9.17, 15) is 24.1 Å². The van der Waals surface area contributed by atoms with Crippen molar-refractivity contribution in [2.75, 3.05) is 33.2 Å². The summed E-state index contributed by atoms with van der Waals surface area (Å²) < 4.78 is 19.6. The number of carbonyl (C=O) groups excluding carboxylic acids is 2. The Labute approximate surface area is 185 Å². The Balaban J connectivity index is 2.36. The first kappa shape index (κ1) is 24.8. The van der Waals surface area contributed by atoms with E-state index < -0.39 is 40.1 Å². The number of nitro groups is 1. The molecule has 2 atom stereocenters. The zero-order chi connectivity index (χ0) is 23.5. The van der Waals surface area contributed by atoms with E-state index >= 15 is 0 Å². The fraction of sp³-hybridized carbons (Fsp3) is 0.600.